The van der Waals surface area contributed by atoms with Crippen LogP contribution >= 0.6 is 11.3 Å². The molecule has 1 aliphatic rings. The number of carbonyl (C=O) groups is 1. The van der Waals surface area contributed by atoms with E-state index in [1.807, 2.05) is 0 Å². The molecule has 0 spiro atoms. The zero-order valence-corrected chi connectivity index (χ0v) is 11.9. The highest BCUT2D eigenvalue weighted by Gasteiger charge is 2.25. The van der Waals surface area contributed by atoms with E-state index < -0.39 is 0 Å². The van der Waals surface area contributed by atoms with Crippen molar-refractivity contribution in [2.75, 3.05) is 5.32 Å². The van der Waals surface area contributed by atoms with Gasteiger partial charge in [0.1, 0.15) is 11.1 Å². The average Bonchev–Trinajstić information content (AvgIpc) is 3.04. The molecule has 4 nitrogen and oxygen atoms in total. The number of anilines is 1. The second-order valence-electron chi connectivity index (χ2n) is 5.10. The fourth-order valence-corrected chi connectivity index (χ4v) is 3.89. The number of hydrogen-bond acceptors (Lipinski definition) is 4. The first-order valence-electron chi connectivity index (χ1n) is 6.58. The summed E-state index contributed by atoms with van der Waals surface area (Å²) in [5.41, 5.74) is 1.74. The van der Waals surface area contributed by atoms with Gasteiger partial charge in [0.15, 0.2) is 5.76 Å². The average molecular weight is 286 g/mol. The van der Waals surface area contributed by atoms with Gasteiger partial charge in [0.25, 0.3) is 5.91 Å². The van der Waals surface area contributed by atoms with Crippen LogP contribution in [0.15, 0.2) is 22.8 Å². The number of nitrogens with one attached hydrogen (secondary N) is 1. The topological polar surface area (TPSA) is 66.0 Å². The van der Waals surface area contributed by atoms with Gasteiger partial charge in [-0.15, -0.1) is 11.3 Å². The third-order valence-electron chi connectivity index (χ3n) is 3.60. The Balaban J connectivity index is 1.91. The van der Waals surface area contributed by atoms with Gasteiger partial charge in [-0.3, -0.25) is 4.79 Å². The fraction of sp³-hybridized carbons (Fsp3) is 0.333. The number of nitriles is 1. The molecular weight excluding hydrogens is 272 g/mol. The monoisotopic (exact) mass is 286 g/mol. The lowest BCUT2D eigenvalue weighted by Gasteiger charge is -2.17. The van der Waals surface area contributed by atoms with E-state index in [4.69, 9.17) is 4.42 Å². The number of rotatable bonds is 2. The van der Waals surface area contributed by atoms with Crippen molar-refractivity contribution < 1.29 is 9.21 Å². The molecule has 1 aliphatic carbocycles. The summed E-state index contributed by atoms with van der Waals surface area (Å²) in [5.74, 6) is 0.591. The minimum absolute atomic E-state index is 0.258. The SMILES string of the molecule is C[C@H]1CCc2c(sc(NC(=O)c3ccco3)c2C#N)C1. The molecule has 0 unspecified atom stereocenters. The Morgan fingerprint density at radius 2 is 2.45 bits per heavy atom. The van der Waals surface area contributed by atoms with Crippen LogP contribution in [0.5, 0.6) is 0 Å². The number of thiophene rings is 1. The predicted octanol–water partition coefficient (Wildman–Crippen LogP) is 3.59. The fourth-order valence-electron chi connectivity index (χ4n) is 2.53. The number of hydrogen-bond donors (Lipinski definition) is 1. The van der Waals surface area contributed by atoms with Crippen molar-refractivity contribution in [1.29, 1.82) is 5.26 Å². The first-order chi connectivity index (χ1) is 9.69. The van der Waals surface area contributed by atoms with Crippen molar-refractivity contribution >= 4 is 22.2 Å². The van der Waals surface area contributed by atoms with Crippen LogP contribution in [-0.4, -0.2) is 5.91 Å². The maximum absolute atomic E-state index is 12.0. The van der Waals surface area contributed by atoms with Gasteiger partial charge in [0.05, 0.1) is 11.8 Å². The predicted molar refractivity (Wildman–Crippen MR) is 76.9 cm³/mol. The minimum Gasteiger partial charge on any atom is -0.459 e. The summed E-state index contributed by atoms with van der Waals surface area (Å²) >= 11 is 1.52. The lowest BCUT2D eigenvalue weighted by molar-refractivity contribution is 0.0997. The van der Waals surface area contributed by atoms with Gasteiger partial charge in [0, 0.05) is 4.88 Å². The molecule has 2 aromatic heterocycles. The van der Waals surface area contributed by atoms with E-state index in [1.54, 1.807) is 12.1 Å². The molecule has 0 aromatic carbocycles. The van der Waals surface area contributed by atoms with E-state index in [-0.39, 0.29) is 11.7 Å². The van der Waals surface area contributed by atoms with Crippen molar-refractivity contribution in [2.45, 2.75) is 26.2 Å². The normalized spacial score (nSPS) is 17.3. The summed E-state index contributed by atoms with van der Waals surface area (Å²) in [4.78, 5) is 13.2. The third kappa shape index (κ3) is 2.23. The van der Waals surface area contributed by atoms with Gasteiger partial charge < -0.3 is 9.73 Å². The van der Waals surface area contributed by atoms with E-state index in [9.17, 15) is 10.1 Å². The Kier molecular flexibility index (Phi) is 3.33. The van der Waals surface area contributed by atoms with Crippen LogP contribution in [0.2, 0.25) is 0 Å². The number of carbonyl (C=O) groups excluding carboxylic acids is 1. The van der Waals surface area contributed by atoms with Gasteiger partial charge in [0.2, 0.25) is 0 Å². The molecule has 0 bridgehead atoms. The Morgan fingerprint density at radius 3 is 3.15 bits per heavy atom. The van der Waals surface area contributed by atoms with Crippen LogP contribution in [0.4, 0.5) is 5.00 Å². The van der Waals surface area contributed by atoms with E-state index in [1.165, 1.54) is 22.5 Å². The number of furan rings is 1. The molecule has 102 valence electrons. The summed E-state index contributed by atoms with van der Waals surface area (Å²) in [7, 11) is 0. The zero-order chi connectivity index (χ0) is 14.1. The van der Waals surface area contributed by atoms with Crippen molar-refractivity contribution in [3.8, 4) is 6.07 Å². The highest BCUT2D eigenvalue weighted by atomic mass is 32.1. The largest absolute Gasteiger partial charge is 0.459 e. The molecule has 2 aromatic rings. The second-order valence-corrected chi connectivity index (χ2v) is 6.20. The molecule has 2 heterocycles. The van der Waals surface area contributed by atoms with Crippen molar-refractivity contribution in [2.24, 2.45) is 5.92 Å². The highest BCUT2D eigenvalue weighted by Crippen LogP contribution is 2.39. The maximum atomic E-state index is 12.0. The van der Waals surface area contributed by atoms with Crippen LogP contribution in [0.3, 0.4) is 0 Å². The number of nitrogens with zero attached hydrogens (tertiary/aromatic N) is 1. The van der Waals surface area contributed by atoms with E-state index in [0.717, 1.165) is 24.8 Å². The molecule has 0 saturated heterocycles. The van der Waals surface area contributed by atoms with Gasteiger partial charge in [-0.25, -0.2) is 0 Å². The lowest BCUT2D eigenvalue weighted by Crippen LogP contribution is -2.11. The summed E-state index contributed by atoms with van der Waals surface area (Å²) in [6.45, 7) is 2.22. The van der Waals surface area contributed by atoms with Crippen molar-refractivity contribution in [3.05, 3.63) is 40.2 Å². The van der Waals surface area contributed by atoms with Gasteiger partial charge >= 0.3 is 0 Å². The van der Waals surface area contributed by atoms with Crippen LogP contribution in [0.25, 0.3) is 0 Å². The maximum Gasteiger partial charge on any atom is 0.291 e. The Bertz CT molecular complexity index is 680. The number of fused-ring (bicyclic) bond motifs is 1. The number of amides is 1. The van der Waals surface area contributed by atoms with Crippen LogP contribution in [0.1, 0.15) is 39.9 Å². The standard InChI is InChI=1S/C15H14N2O2S/c1-9-4-5-10-11(8-16)15(20-13(10)7-9)17-14(18)12-3-2-6-19-12/h2-3,6,9H,4-5,7H2,1H3,(H,17,18)/t9-/m0/s1. The summed E-state index contributed by atoms with van der Waals surface area (Å²) in [6, 6.07) is 5.51. The first-order valence-corrected chi connectivity index (χ1v) is 7.40. The van der Waals surface area contributed by atoms with Gasteiger partial charge in [-0.2, -0.15) is 5.26 Å². The Labute approximate surface area is 121 Å². The minimum atomic E-state index is -0.307. The zero-order valence-electron chi connectivity index (χ0n) is 11.1. The van der Waals surface area contributed by atoms with E-state index in [2.05, 4.69) is 18.3 Å². The molecule has 5 heteroatoms. The molecule has 0 aliphatic heterocycles. The molecule has 1 amide bonds. The first kappa shape index (κ1) is 12.9. The van der Waals surface area contributed by atoms with Gasteiger partial charge in [-0.1, -0.05) is 6.92 Å². The van der Waals surface area contributed by atoms with Crippen molar-refractivity contribution in [3.63, 3.8) is 0 Å². The summed E-state index contributed by atoms with van der Waals surface area (Å²) in [6.07, 6.45) is 4.48. The van der Waals surface area contributed by atoms with Crippen LogP contribution in [0, 0.1) is 17.2 Å². The molecule has 20 heavy (non-hydrogen) atoms. The second kappa shape index (κ2) is 5.14. The van der Waals surface area contributed by atoms with E-state index in [0.29, 0.717) is 16.5 Å². The summed E-state index contributed by atoms with van der Waals surface area (Å²) < 4.78 is 5.07. The Morgan fingerprint density at radius 1 is 1.60 bits per heavy atom. The molecule has 1 atom stereocenters. The summed E-state index contributed by atoms with van der Waals surface area (Å²) in [5, 5.41) is 12.8. The lowest BCUT2D eigenvalue weighted by atomic mass is 9.89. The third-order valence-corrected chi connectivity index (χ3v) is 4.77. The Hall–Kier alpha value is -2.06. The van der Waals surface area contributed by atoms with Crippen molar-refractivity contribution in [1.82, 2.24) is 0 Å². The van der Waals surface area contributed by atoms with Crippen LogP contribution < -0.4 is 5.32 Å². The molecular formula is C15H14N2O2S. The molecule has 0 fully saturated rings. The molecule has 0 saturated carbocycles. The quantitative estimate of drug-likeness (QED) is 0.917. The van der Waals surface area contributed by atoms with E-state index >= 15 is 0 Å². The van der Waals surface area contributed by atoms with Gasteiger partial charge in [-0.05, 0) is 42.9 Å². The molecule has 3 rings (SSSR count). The molecule has 1 N–H and O–H groups in total. The highest BCUT2D eigenvalue weighted by molar-refractivity contribution is 7.16. The smallest absolute Gasteiger partial charge is 0.291 e. The van der Waals surface area contributed by atoms with Crippen LogP contribution in [-0.2, 0) is 12.8 Å². The molecule has 0 radical (unpaired) electrons.